The maximum absolute atomic E-state index is 12.1. The summed E-state index contributed by atoms with van der Waals surface area (Å²) in [5.41, 5.74) is 0. The minimum absolute atomic E-state index is 0.0292. The van der Waals surface area contributed by atoms with Crippen molar-refractivity contribution in [2.45, 2.75) is 59.5 Å². The largest absolute Gasteiger partial charge is 0.326 e. The first-order valence-corrected chi connectivity index (χ1v) is 6.47. The Bertz CT molecular complexity index is 238. The third-order valence-corrected chi connectivity index (χ3v) is 3.39. The van der Waals surface area contributed by atoms with Crippen LogP contribution >= 0.6 is 0 Å². The summed E-state index contributed by atoms with van der Waals surface area (Å²) in [5, 5.41) is 3.30. The van der Waals surface area contributed by atoms with Gasteiger partial charge in [-0.05, 0) is 31.6 Å². The molecule has 0 aromatic carbocycles. The van der Waals surface area contributed by atoms with Gasteiger partial charge in [-0.25, -0.2) is 0 Å². The predicted molar refractivity (Wildman–Crippen MR) is 67.0 cm³/mol. The van der Waals surface area contributed by atoms with Gasteiger partial charge in [0.2, 0.25) is 5.91 Å². The summed E-state index contributed by atoms with van der Waals surface area (Å²) in [4.78, 5) is 14.1. The normalized spacial score (nSPS) is 23.6. The average molecular weight is 226 g/mol. The zero-order valence-electron chi connectivity index (χ0n) is 11.3. The number of nitrogens with zero attached hydrogens (tertiary/aromatic N) is 1. The molecule has 0 radical (unpaired) electrons. The quantitative estimate of drug-likeness (QED) is 0.779. The van der Waals surface area contributed by atoms with E-state index in [1.165, 1.54) is 6.42 Å². The van der Waals surface area contributed by atoms with Gasteiger partial charge in [0.15, 0.2) is 0 Å². The van der Waals surface area contributed by atoms with Gasteiger partial charge in [0.25, 0.3) is 0 Å². The van der Waals surface area contributed by atoms with Crippen molar-refractivity contribution in [3.05, 3.63) is 0 Å². The van der Waals surface area contributed by atoms with E-state index in [1.54, 1.807) is 0 Å². The number of carbonyl (C=O) groups excluding carboxylic acids is 1. The minimum Gasteiger partial charge on any atom is -0.326 e. The lowest BCUT2D eigenvalue weighted by atomic mass is 10.0. The SMILES string of the molecule is CC(C)CCC(C)N1CNC(C(C)C)C1=O. The van der Waals surface area contributed by atoms with Crippen molar-refractivity contribution in [3.8, 4) is 0 Å². The van der Waals surface area contributed by atoms with Gasteiger partial charge in [0.1, 0.15) is 0 Å². The van der Waals surface area contributed by atoms with Crippen LogP contribution in [0.1, 0.15) is 47.5 Å². The molecule has 1 N–H and O–H groups in total. The van der Waals surface area contributed by atoms with Crippen LogP contribution in [0.2, 0.25) is 0 Å². The van der Waals surface area contributed by atoms with Crippen LogP contribution in [0.25, 0.3) is 0 Å². The highest BCUT2D eigenvalue weighted by Gasteiger charge is 2.35. The summed E-state index contributed by atoms with van der Waals surface area (Å²) < 4.78 is 0. The fraction of sp³-hybridized carbons (Fsp3) is 0.923. The molecule has 2 atom stereocenters. The highest BCUT2D eigenvalue weighted by Crippen LogP contribution is 2.18. The van der Waals surface area contributed by atoms with Gasteiger partial charge in [0.05, 0.1) is 12.7 Å². The number of amides is 1. The highest BCUT2D eigenvalue weighted by atomic mass is 16.2. The van der Waals surface area contributed by atoms with Gasteiger partial charge >= 0.3 is 0 Å². The van der Waals surface area contributed by atoms with E-state index >= 15 is 0 Å². The van der Waals surface area contributed by atoms with Gasteiger partial charge in [-0.2, -0.15) is 0 Å². The predicted octanol–water partition coefficient (Wildman–Crippen LogP) is 2.22. The minimum atomic E-state index is 0.0292. The van der Waals surface area contributed by atoms with Gasteiger partial charge < -0.3 is 4.90 Å². The molecule has 3 nitrogen and oxygen atoms in total. The molecule has 0 saturated carbocycles. The fourth-order valence-electron chi connectivity index (χ4n) is 2.16. The Morgan fingerprint density at radius 2 is 1.88 bits per heavy atom. The van der Waals surface area contributed by atoms with E-state index in [4.69, 9.17) is 0 Å². The van der Waals surface area contributed by atoms with Crippen LogP contribution in [0.3, 0.4) is 0 Å². The molecule has 94 valence electrons. The molecule has 0 aliphatic carbocycles. The van der Waals surface area contributed by atoms with E-state index in [-0.39, 0.29) is 11.9 Å². The summed E-state index contributed by atoms with van der Waals surface area (Å²) in [5.74, 6) is 1.38. The molecular formula is C13H26N2O. The van der Waals surface area contributed by atoms with Crippen LogP contribution in [-0.4, -0.2) is 29.6 Å². The van der Waals surface area contributed by atoms with Crippen LogP contribution in [0, 0.1) is 11.8 Å². The van der Waals surface area contributed by atoms with Gasteiger partial charge in [-0.3, -0.25) is 10.1 Å². The standard InChI is InChI=1S/C13H26N2O/c1-9(2)6-7-11(5)15-8-14-12(10(3)4)13(15)16/h9-12,14H,6-8H2,1-5H3. The molecule has 2 unspecified atom stereocenters. The number of hydrogen-bond donors (Lipinski definition) is 1. The lowest BCUT2D eigenvalue weighted by Crippen LogP contribution is -2.38. The number of rotatable bonds is 5. The van der Waals surface area contributed by atoms with Crippen molar-refractivity contribution in [2.75, 3.05) is 6.67 Å². The van der Waals surface area contributed by atoms with E-state index in [0.717, 1.165) is 13.1 Å². The zero-order valence-corrected chi connectivity index (χ0v) is 11.3. The maximum atomic E-state index is 12.1. The molecule has 1 aliphatic heterocycles. The first-order chi connectivity index (χ1) is 7.43. The summed E-state index contributed by atoms with van der Waals surface area (Å²) >= 11 is 0. The molecule has 0 bridgehead atoms. The van der Waals surface area contributed by atoms with Crippen LogP contribution < -0.4 is 5.32 Å². The second kappa shape index (κ2) is 5.67. The Morgan fingerprint density at radius 1 is 1.25 bits per heavy atom. The van der Waals surface area contributed by atoms with E-state index < -0.39 is 0 Å². The van der Waals surface area contributed by atoms with Crippen molar-refractivity contribution in [3.63, 3.8) is 0 Å². The van der Waals surface area contributed by atoms with Crippen LogP contribution in [0.4, 0.5) is 0 Å². The molecule has 0 aromatic heterocycles. The smallest absolute Gasteiger partial charge is 0.241 e. The molecule has 1 saturated heterocycles. The first-order valence-electron chi connectivity index (χ1n) is 6.47. The molecule has 0 spiro atoms. The summed E-state index contributed by atoms with van der Waals surface area (Å²) in [7, 11) is 0. The maximum Gasteiger partial charge on any atom is 0.241 e. The Labute approximate surface area is 99.6 Å². The Balaban J connectivity index is 2.46. The van der Waals surface area contributed by atoms with E-state index in [2.05, 4.69) is 39.9 Å². The molecule has 16 heavy (non-hydrogen) atoms. The topological polar surface area (TPSA) is 32.3 Å². The third-order valence-electron chi connectivity index (χ3n) is 3.39. The molecule has 1 heterocycles. The molecule has 1 fully saturated rings. The molecular weight excluding hydrogens is 200 g/mol. The van der Waals surface area contributed by atoms with Crippen molar-refractivity contribution < 1.29 is 4.79 Å². The van der Waals surface area contributed by atoms with Gasteiger partial charge in [-0.15, -0.1) is 0 Å². The molecule has 0 aromatic rings. The summed E-state index contributed by atoms with van der Waals surface area (Å²) in [6.07, 6.45) is 2.30. The van der Waals surface area contributed by atoms with Crippen molar-refractivity contribution in [1.82, 2.24) is 10.2 Å². The van der Waals surface area contributed by atoms with E-state index in [1.807, 2.05) is 4.90 Å². The van der Waals surface area contributed by atoms with E-state index in [9.17, 15) is 4.79 Å². The second-order valence-corrected chi connectivity index (χ2v) is 5.71. The second-order valence-electron chi connectivity index (χ2n) is 5.71. The van der Waals surface area contributed by atoms with E-state index in [0.29, 0.717) is 17.9 Å². The summed E-state index contributed by atoms with van der Waals surface area (Å²) in [6, 6.07) is 0.396. The van der Waals surface area contributed by atoms with Crippen molar-refractivity contribution in [2.24, 2.45) is 11.8 Å². The molecule has 1 amide bonds. The molecule has 3 heteroatoms. The lowest BCUT2D eigenvalue weighted by Gasteiger charge is -2.25. The fourth-order valence-corrected chi connectivity index (χ4v) is 2.16. The van der Waals surface area contributed by atoms with Crippen molar-refractivity contribution >= 4 is 5.91 Å². The zero-order chi connectivity index (χ0) is 12.3. The number of carbonyl (C=O) groups is 1. The Morgan fingerprint density at radius 3 is 2.31 bits per heavy atom. The summed E-state index contributed by atoms with van der Waals surface area (Å²) in [6.45, 7) is 11.5. The van der Waals surface area contributed by atoms with Crippen LogP contribution in [0.5, 0.6) is 0 Å². The first kappa shape index (κ1) is 13.5. The number of hydrogen-bond acceptors (Lipinski definition) is 2. The molecule has 1 aliphatic rings. The molecule has 1 rings (SSSR count). The number of nitrogens with one attached hydrogen (secondary N) is 1. The lowest BCUT2D eigenvalue weighted by molar-refractivity contribution is -0.131. The highest BCUT2D eigenvalue weighted by molar-refractivity contribution is 5.84. The Kier molecular flexibility index (Phi) is 4.78. The Hall–Kier alpha value is -0.570. The van der Waals surface area contributed by atoms with Crippen LogP contribution in [-0.2, 0) is 4.79 Å². The van der Waals surface area contributed by atoms with Crippen LogP contribution in [0.15, 0.2) is 0 Å². The van der Waals surface area contributed by atoms with Gasteiger partial charge in [-0.1, -0.05) is 27.7 Å². The average Bonchev–Trinajstić information content (AvgIpc) is 2.56. The van der Waals surface area contributed by atoms with Crippen molar-refractivity contribution in [1.29, 1.82) is 0 Å². The monoisotopic (exact) mass is 226 g/mol. The third kappa shape index (κ3) is 3.21. The van der Waals surface area contributed by atoms with Gasteiger partial charge in [0, 0.05) is 6.04 Å².